The molecule has 0 N–H and O–H groups in total. The normalized spacial score (nSPS) is 11.7. The molecule has 0 aliphatic heterocycles. The second-order valence-electron chi connectivity index (χ2n) is 8.05. The molecule has 37 heavy (non-hydrogen) atoms. The van der Waals surface area contributed by atoms with Crippen LogP contribution in [0.2, 0.25) is 0 Å². The highest BCUT2D eigenvalue weighted by atomic mass is 127. The number of aromatic nitrogens is 2. The highest BCUT2D eigenvalue weighted by Gasteiger charge is 2.35. The molecule has 0 atom stereocenters. The third-order valence-corrected chi connectivity index (χ3v) is 7.38. The number of rotatable bonds is 11. The fraction of sp³-hybridized carbons (Fsp3) is 0.280. The molecule has 0 saturated carbocycles. The van der Waals surface area contributed by atoms with Crippen molar-refractivity contribution in [2.75, 3.05) is 45.4 Å². The number of alkyl halides is 3. The maximum absolute atomic E-state index is 14.1. The van der Waals surface area contributed by atoms with Crippen LogP contribution in [-0.4, -0.2) is 50.5 Å². The van der Waals surface area contributed by atoms with E-state index in [0.717, 1.165) is 16.6 Å². The lowest BCUT2D eigenvalue weighted by molar-refractivity contribution is -0.137. The zero-order valence-corrected chi connectivity index (χ0v) is 23.7. The largest absolute Gasteiger partial charge is 0.491 e. The SMILES string of the molecule is CN(C)c1ccc(-c2ccc(-c3nc4ccc(OCCOCCOSI)cc4s3)c(C(F)(F)F)c2)cn1. The molecule has 0 saturated heterocycles. The summed E-state index contributed by atoms with van der Waals surface area (Å²) >= 11 is 3.23. The predicted molar refractivity (Wildman–Crippen MR) is 151 cm³/mol. The summed E-state index contributed by atoms with van der Waals surface area (Å²) in [5.74, 6) is 1.33. The molecular weight excluding hydrogens is 638 g/mol. The first kappa shape index (κ1) is 27.9. The Morgan fingerprint density at radius 3 is 2.46 bits per heavy atom. The second-order valence-corrected chi connectivity index (χ2v) is 10.5. The van der Waals surface area contributed by atoms with Crippen LogP contribution in [-0.2, 0) is 15.1 Å². The van der Waals surface area contributed by atoms with Gasteiger partial charge in [0.15, 0.2) is 0 Å². The summed E-state index contributed by atoms with van der Waals surface area (Å²) in [7, 11) is 4.96. The van der Waals surface area contributed by atoms with Crippen LogP contribution in [0.15, 0.2) is 54.7 Å². The molecule has 0 fully saturated rings. The summed E-state index contributed by atoms with van der Waals surface area (Å²) in [5.41, 5.74) is 0.955. The number of hydrogen-bond acceptors (Lipinski definition) is 8. The van der Waals surface area contributed by atoms with Crippen LogP contribution in [0.3, 0.4) is 0 Å². The summed E-state index contributed by atoms with van der Waals surface area (Å²) < 4.78 is 59.3. The van der Waals surface area contributed by atoms with E-state index in [9.17, 15) is 13.2 Å². The Bertz CT molecular complexity index is 1330. The Labute approximate surface area is 232 Å². The van der Waals surface area contributed by atoms with E-state index in [1.54, 1.807) is 42.6 Å². The highest BCUT2D eigenvalue weighted by Crippen LogP contribution is 2.42. The van der Waals surface area contributed by atoms with Crippen molar-refractivity contribution in [1.82, 2.24) is 9.97 Å². The third kappa shape index (κ3) is 7.25. The van der Waals surface area contributed by atoms with E-state index in [1.807, 2.05) is 40.2 Å². The summed E-state index contributed by atoms with van der Waals surface area (Å²) in [6.45, 7) is 1.70. The monoisotopic (exact) mass is 661 g/mol. The van der Waals surface area contributed by atoms with Crippen molar-refractivity contribution in [3.63, 3.8) is 0 Å². The Balaban J connectivity index is 1.55. The number of nitrogens with zero attached hydrogens (tertiary/aromatic N) is 3. The van der Waals surface area contributed by atoms with E-state index < -0.39 is 11.7 Å². The summed E-state index contributed by atoms with van der Waals surface area (Å²) in [6.07, 6.45) is -2.97. The molecule has 12 heteroatoms. The van der Waals surface area contributed by atoms with Gasteiger partial charge in [0.2, 0.25) is 0 Å². The Hall–Kier alpha value is -2.13. The summed E-state index contributed by atoms with van der Waals surface area (Å²) in [5, 5.41) is 0.295. The minimum Gasteiger partial charge on any atom is -0.491 e. The lowest BCUT2D eigenvalue weighted by Crippen LogP contribution is -2.10. The fourth-order valence-electron chi connectivity index (χ4n) is 3.52. The average molecular weight is 662 g/mol. The number of anilines is 1. The lowest BCUT2D eigenvalue weighted by Gasteiger charge is -2.14. The molecule has 2 aromatic carbocycles. The van der Waals surface area contributed by atoms with Crippen LogP contribution in [0.1, 0.15) is 5.56 Å². The molecule has 0 spiro atoms. The van der Waals surface area contributed by atoms with Crippen molar-refractivity contribution in [2.24, 2.45) is 0 Å². The molecule has 0 amide bonds. The minimum absolute atomic E-state index is 0.0399. The number of ether oxygens (including phenoxy) is 2. The predicted octanol–water partition coefficient (Wildman–Crippen LogP) is 7.52. The zero-order valence-electron chi connectivity index (χ0n) is 19.9. The molecule has 2 aromatic heterocycles. The lowest BCUT2D eigenvalue weighted by atomic mass is 10.00. The molecule has 2 heterocycles. The van der Waals surface area contributed by atoms with E-state index in [2.05, 4.69) is 9.97 Å². The maximum Gasteiger partial charge on any atom is 0.417 e. The van der Waals surface area contributed by atoms with E-state index in [-0.39, 0.29) is 5.56 Å². The number of benzene rings is 2. The maximum atomic E-state index is 14.1. The highest BCUT2D eigenvalue weighted by molar-refractivity contribution is 14.2. The van der Waals surface area contributed by atoms with Gasteiger partial charge < -0.3 is 18.6 Å². The third-order valence-electron chi connectivity index (χ3n) is 5.31. The van der Waals surface area contributed by atoms with Crippen molar-refractivity contribution in [3.8, 4) is 27.4 Å². The van der Waals surface area contributed by atoms with Crippen LogP contribution in [0.4, 0.5) is 19.0 Å². The molecule has 0 aliphatic rings. The van der Waals surface area contributed by atoms with Crippen LogP contribution in [0, 0.1) is 0 Å². The van der Waals surface area contributed by atoms with Crippen molar-refractivity contribution >= 4 is 57.8 Å². The molecular formula is C25H23F3IN3O3S2. The minimum atomic E-state index is -4.55. The van der Waals surface area contributed by atoms with Gasteiger partial charge in [-0.1, -0.05) is 12.1 Å². The van der Waals surface area contributed by atoms with Crippen molar-refractivity contribution < 1.29 is 26.8 Å². The van der Waals surface area contributed by atoms with Gasteiger partial charge in [0.25, 0.3) is 0 Å². The van der Waals surface area contributed by atoms with Gasteiger partial charge >= 0.3 is 6.18 Å². The van der Waals surface area contributed by atoms with Gasteiger partial charge in [-0.3, -0.25) is 0 Å². The molecule has 0 bridgehead atoms. The van der Waals surface area contributed by atoms with Crippen molar-refractivity contribution in [2.45, 2.75) is 6.18 Å². The molecule has 4 rings (SSSR count). The Morgan fingerprint density at radius 1 is 0.973 bits per heavy atom. The van der Waals surface area contributed by atoms with Gasteiger partial charge in [0.1, 0.15) is 23.2 Å². The van der Waals surface area contributed by atoms with Gasteiger partial charge in [-0.25, -0.2) is 9.97 Å². The van der Waals surface area contributed by atoms with Crippen LogP contribution in [0.5, 0.6) is 5.75 Å². The van der Waals surface area contributed by atoms with E-state index in [4.69, 9.17) is 13.7 Å². The van der Waals surface area contributed by atoms with Gasteiger partial charge in [-0.2, -0.15) is 13.2 Å². The number of halogens is 4. The molecule has 6 nitrogen and oxygen atoms in total. The standard InChI is InChI=1S/C25H23F3IN3O3S2/c1-32(2)23-8-4-17(15-30-23)16-3-6-19(20(13-16)25(26,27)28)24-31-21-7-5-18(14-22(21)36-24)34-11-9-33-10-12-35-37-29/h3-8,13-15H,9-12H2,1-2H3. The molecule has 0 radical (unpaired) electrons. The van der Waals surface area contributed by atoms with Crippen LogP contribution in [0.25, 0.3) is 31.9 Å². The average Bonchev–Trinajstić information content (AvgIpc) is 3.31. The first-order valence-electron chi connectivity index (χ1n) is 11.1. The van der Waals surface area contributed by atoms with E-state index >= 15 is 0 Å². The second kappa shape index (κ2) is 12.6. The number of pyridine rings is 1. The van der Waals surface area contributed by atoms with Gasteiger partial charge in [0, 0.05) is 52.6 Å². The van der Waals surface area contributed by atoms with Gasteiger partial charge in [0.05, 0.1) is 44.8 Å². The fourth-order valence-corrected chi connectivity index (χ4v) is 5.23. The molecule has 0 aliphatic carbocycles. The first-order chi connectivity index (χ1) is 17.8. The number of thiazole rings is 1. The first-order valence-corrected chi connectivity index (χ1v) is 15.2. The molecule has 4 aromatic rings. The smallest absolute Gasteiger partial charge is 0.417 e. The van der Waals surface area contributed by atoms with Crippen molar-refractivity contribution in [3.05, 3.63) is 60.3 Å². The van der Waals surface area contributed by atoms with E-state index in [0.29, 0.717) is 53.8 Å². The van der Waals surface area contributed by atoms with Crippen LogP contribution < -0.4 is 9.64 Å². The van der Waals surface area contributed by atoms with Gasteiger partial charge in [-0.05, 0) is 42.0 Å². The Morgan fingerprint density at radius 2 is 1.76 bits per heavy atom. The number of fused-ring (bicyclic) bond motifs is 1. The zero-order chi connectivity index (χ0) is 26.4. The van der Waals surface area contributed by atoms with Crippen LogP contribution >= 0.6 is 41.8 Å². The number of hydrogen-bond donors (Lipinski definition) is 0. The molecule has 196 valence electrons. The molecule has 0 unspecified atom stereocenters. The Kier molecular flexibility index (Phi) is 9.51. The van der Waals surface area contributed by atoms with Gasteiger partial charge in [-0.15, -0.1) is 11.3 Å². The topological polar surface area (TPSA) is 56.7 Å². The van der Waals surface area contributed by atoms with Crippen molar-refractivity contribution in [1.29, 1.82) is 0 Å². The quantitative estimate of drug-likeness (QED) is 0.0937. The summed E-state index contributed by atoms with van der Waals surface area (Å²) in [6, 6.07) is 13.1. The summed E-state index contributed by atoms with van der Waals surface area (Å²) in [4.78, 5) is 10.6. The van der Waals surface area contributed by atoms with E-state index in [1.165, 1.54) is 26.6 Å².